The first-order valence-corrected chi connectivity index (χ1v) is 9.96. The maximum atomic E-state index is 12.2. The van der Waals surface area contributed by atoms with Crippen molar-refractivity contribution in [3.8, 4) is 0 Å². The Balaban J connectivity index is 1.48. The van der Waals surface area contributed by atoms with Gasteiger partial charge in [0.05, 0.1) is 12.9 Å². The molecule has 142 valence electrons. The highest BCUT2D eigenvalue weighted by molar-refractivity contribution is 8.00. The zero-order valence-corrected chi connectivity index (χ0v) is 16.5. The molecule has 1 aliphatic rings. The molecule has 0 fully saturated rings. The fourth-order valence-electron chi connectivity index (χ4n) is 3.17. The van der Waals surface area contributed by atoms with E-state index in [9.17, 15) is 9.59 Å². The van der Waals surface area contributed by atoms with Crippen LogP contribution < -0.4 is 5.32 Å². The van der Waals surface area contributed by atoms with E-state index in [1.165, 1.54) is 36.0 Å². The second-order valence-corrected chi connectivity index (χ2v) is 7.69. The summed E-state index contributed by atoms with van der Waals surface area (Å²) in [4.78, 5) is 26.3. The van der Waals surface area contributed by atoms with Gasteiger partial charge in [0.15, 0.2) is 0 Å². The molecule has 0 unspecified atom stereocenters. The van der Waals surface area contributed by atoms with Crippen molar-refractivity contribution in [3.63, 3.8) is 0 Å². The largest absolute Gasteiger partial charge is 0.453 e. The molecule has 0 bridgehead atoms. The molecule has 2 aromatic carbocycles. The minimum atomic E-state index is -0.379. The summed E-state index contributed by atoms with van der Waals surface area (Å²) in [7, 11) is 3.04. The average molecular weight is 385 g/mol. The minimum Gasteiger partial charge on any atom is -0.453 e. The number of hydrogen-bond donors (Lipinski definition) is 1. The van der Waals surface area contributed by atoms with Crippen molar-refractivity contribution in [1.82, 2.24) is 4.90 Å². The first-order chi connectivity index (χ1) is 13.0. The molecule has 1 N–H and O–H groups in total. The number of carbonyl (C=O) groups is 2. The Kier molecular flexibility index (Phi) is 6.40. The summed E-state index contributed by atoms with van der Waals surface area (Å²) in [5.41, 5.74) is 4.59. The normalized spacial score (nSPS) is 12.4. The number of ether oxygens (including phenoxy) is 1. The van der Waals surface area contributed by atoms with E-state index in [1.807, 2.05) is 24.3 Å². The van der Waals surface area contributed by atoms with E-state index in [0.717, 1.165) is 22.6 Å². The minimum absolute atomic E-state index is 0.0278. The van der Waals surface area contributed by atoms with E-state index >= 15 is 0 Å². The Bertz CT molecular complexity index is 821. The Hall–Kier alpha value is -2.47. The molecule has 2 aromatic rings. The smallest absolute Gasteiger partial charge is 0.409 e. The van der Waals surface area contributed by atoms with E-state index in [0.29, 0.717) is 12.3 Å². The van der Waals surface area contributed by atoms with Gasteiger partial charge in [0.1, 0.15) is 0 Å². The summed E-state index contributed by atoms with van der Waals surface area (Å²) < 4.78 is 4.68. The van der Waals surface area contributed by atoms with E-state index in [2.05, 4.69) is 28.3 Å². The number of nitrogens with one attached hydrogen (secondary N) is 1. The molecular formula is C21H24N2O3S. The fraction of sp³-hybridized carbons (Fsp3) is 0.333. The molecule has 0 saturated heterocycles. The van der Waals surface area contributed by atoms with Crippen LogP contribution in [0, 0.1) is 0 Å². The number of carbonyl (C=O) groups excluding carboxylic acids is 2. The summed E-state index contributed by atoms with van der Waals surface area (Å²) in [6.45, 7) is 0.453. The molecule has 1 aliphatic carbocycles. The van der Waals surface area contributed by atoms with Gasteiger partial charge in [-0.1, -0.05) is 18.2 Å². The predicted molar refractivity (Wildman–Crippen MR) is 108 cm³/mol. The highest BCUT2D eigenvalue weighted by Crippen LogP contribution is 2.27. The summed E-state index contributed by atoms with van der Waals surface area (Å²) in [6.07, 6.45) is 3.17. The summed E-state index contributed by atoms with van der Waals surface area (Å²) >= 11 is 1.56. The highest BCUT2D eigenvalue weighted by Gasteiger charge is 2.12. The van der Waals surface area contributed by atoms with Crippen LogP contribution in [0.3, 0.4) is 0 Å². The van der Waals surface area contributed by atoms with Crippen LogP contribution in [0.4, 0.5) is 10.5 Å². The van der Waals surface area contributed by atoms with Crippen LogP contribution in [-0.2, 0) is 28.9 Å². The molecule has 2 amide bonds. The van der Waals surface area contributed by atoms with Crippen LogP contribution in [-0.4, -0.2) is 36.8 Å². The first kappa shape index (κ1) is 19.3. The van der Waals surface area contributed by atoms with Gasteiger partial charge in [-0.2, -0.15) is 0 Å². The predicted octanol–water partition coefficient (Wildman–Crippen LogP) is 4.10. The van der Waals surface area contributed by atoms with Crippen LogP contribution >= 0.6 is 11.8 Å². The lowest BCUT2D eigenvalue weighted by Crippen LogP contribution is -2.25. The number of thioether (sulfide) groups is 1. The summed E-state index contributed by atoms with van der Waals surface area (Å²) in [6, 6.07) is 14.0. The summed E-state index contributed by atoms with van der Waals surface area (Å²) in [5.74, 6) is 0.353. The van der Waals surface area contributed by atoms with Gasteiger partial charge in [-0.15, -0.1) is 11.8 Å². The monoisotopic (exact) mass is 384 g/mol. The molecule has 0 saturated carbocycles. The standard InChI is InChI=1S/C21H24N2O3S/c1-23(21(25)26-2)13-15-6-9-18(10-7-15)22-20(24)14-27-19-11-8-16-4-3-5-17(16)12-19/h6-12H,3-5,13-14H2,1-2H3,(H,22,24). The van der Waals surface area contributed by atoms with Crippen molar-refractivity contribution >= 4 is 29.4 Å². The van der Waals surface area contributed by atoms with E-state index in [1.54, 1.807) is 18.8 Å². The molecule has 0 aromatic heterocycles. The second kappa shape index (κ2) is 8.95. The van der Waals surface area contributed by atoms with Gasteiger partial charge < -0.3 is 15.0 Å². The molecule has 0 heterocycles. The van der Waals surface area contributed by atoms with Gasteiger partial charge in [-0.3, -0.25) is 4.79 Å². The highest BCUT2D eigenvalue weighted by atomic mass is 32.2. The van der Waals surface area contributed by atoms with Crippen LogP contribution in [0.5, 0.6) is 0 Å². The van der Waals surface area contributed by atoms with Crippen molar-refractivity contribution in [2.75, 3.05) is 25.2 Å². The Morgan fingerprint density at radius 2 is 1.85 bits per heavy atom. The number of hydrogen-bond acceptors (Lipinski definition) is 4. The van der Waals surface area contributed by atoms with Crippen molar-refractivity contribution < 1.29 is 14.3 Å². The van der Waals surface area contributed by atoms with Crippen molar-refractivity contribution in [1.29, 1.82) is 0 Å². The summed E-state index contributed by atoms with van der Waals surface area (Å²) in [5, 5.41) is 2.91. The van der Waals surface area contributed by atoms with E-state index in [-0.39, 0.29) is 12.0 Å². The van der Waals surface area contributed by atoms with Crippen molar-refractivity contribution in [2.24, 2.45) is 0 Å². The van der Waals surface area contributed by atoms with Gasteiger partial charge in [-0.25, -0.2) is 4.79 Å². The van der Waals surface area contributed by atoms with Crippen LogP contribution in [0.2, 0.25) is 0 Å². The number of anilines is 1. The van der Waals surface area contributed by atoms with Crippen molar-refractivity contribution in [2.45, 2.75) is 30.7 Å². The lowest BCUT2D eigenvalue weighted by Gasteiger charge is -2.15. The topological polar surface area (TPSA) is 58.6 Å². The van der Waals surface area contributed by atoms with Crippen LogP contribution in [0.1, 0.15) is 23.1 Å². The molecule has 27 heavy (non-hydrogen) atoms. The molecule has 0 spiro atoms. The maximum Gasteiger partial charge on any atom is 0.409 e. The van der Waals surface area contributed by atoms with Gasteiger partial charge in [-0.05, 0) is 60.2 Å². The molecule has 3 rings (SSSR count). The van der Waals surface area contributed by atoms with Crippen molar-refractivity contribution in [3.05, 3.63) is 59.2 Å². The Morgan fingerprint density at radius 3 is 2.59 bits per heavy atom. The number of fused-ring (bicyclic) bond motifs is 1. The van der Waals surface area contributed by atoms with E-state index < -0.39 is 0 Å². The quantitative estimate of drug-likeness (QED) is 0.762. The first-order valence-electron chi connectivity index (χ1n) is 8.97. The number of aryl methyl sites for hydroxylation is 2. The fourth-order valence-corrected chi connectivity index (χ4v) is 3.93. The molecule has 0 atom stereocenters. The van der Waals surface area contributed by atoms with Gasteiger partial charge >= 0.3 is 6.09 Å². The lowest BCUT2D eigenvalue weighted by atomic mass is 10.1. The Morgan fingerprint density at radius 1 is 1.11 bits per heavy atom. The molecule has 0 radical (unpaired) electrons. The molecule has 6 heteroatoms. The molecular weight excluding hydrogens is 360 g/mol. The van der Waals surface area contributed by atoms with Crippen LogP contribution in [0.25, 0.3) is 0 Å². The van der Waals surface area contributed by atoms with Crippen LogP contribution in [0.15, 0.2) is 47.4 Å². The number of methoxy groups -OCH3 is 1. The Labute approximate surface area is 164 Å². The third kappa shape index (κ3) is 5.26. The third-order valence-electron chi connectivity index (χ3n) is 4.58. The molecule has 5 nitrogen and oxygen atoms in total. The SMILES string of the molecule is COC(=O)N(C)Cc1ccc(NC(=O)CSc2ccc3c(c2)CCC3)cc1. The van der Waals surface area contributed by atoms with Gasteiger partial charge in [0.2, 0.25) is 5.91 Å². The number of benzene rings is 2. The van der Waals surface area contributed by atoms with Gasteiger partial charge in [0, 0.05) is 24.2 Å². The number of nitrogens with zero attached hydrogens (tertiary/aromatic N) is 1. The average Bonchev–Trinajstić information content (AvgIpc) is 3.15. The zero-order valence-electron chi connectivity index (χ0n) is 15.7. The second-order valence-electron chi connectivity index (χ2n) is 6.64. The maximum absolute atomic E-state index is 12.2. The van der Waals surface area contributed by atoms with E-state index in [4.69, 9.17) is 0 Å². The van der Waals surface area contributed by atoms with Gasteiger partial charge in [0.25, 0.3) is 0 Å². The number of rotatable bonds is 6. The number of amides is 2. The zero-order chi connectivity index (χ0) is 19.2. The third-order valence-corrected chi connectivity index (χ3v) is 5.58. The molecule has 0 aliphatic heterocycles. The lowest BCUT2D eigenvalue weighted by molar-refractivity contribution is -0.113.